The van der Waals surface area contributed by atoms with Crippen molar-refractivity contribution in [2.24, 2.45) is 23.7 Å². The Labute approximate surface area is 128 Å². The van der Waals surface area contributed by atoms with Gasteiger partial charge in [-0.1, -0.05) is 0 Å². The molecular weight excluding hydrogens is 342 g/mol. The van der Waals surface area contributed by atoms with Gasteiger partial charge in [-0.15, -0.1) is 0 Å². The van der Waals surface area contributed by atoms with Crippen molar-refractivity contribution in [1.82, 2.24) is 0 Å². The van der Waals surface area contributed by atoms with E-state index in [9.17, 15) is 31.6 Å². The standard InChI is InChI=1S/C12H12F2O8S/c1-3(15)6-4-2-5-7(6)10(16)21-8(5)9(4)22-11(17)12(13,14)23(18,19)20/h4-9H,2H2,1H3,(H,18,19,20). The Hall–Kier alpha value is -1.62. The van der Waals surface area contributed by atoms with E-state index in [1.807, 2.05) is 0 Å². The highest BCUT2D eigenvalue weighted by Crippen LogP contribution is 2.59. The lowest BCUT2D eigenvalue weighted by atomic mass is 9.76. The molecule has 0 spiro atoms. The first-order chi connectivity index (χ1) is 10.5. The molecule has 2 bridgehead atoms. The van der Waals surface area contributed by atoms with Crippen LogP contribution in [0, 0.1) is 23.7 Å². The lowest BCUT2D eigenvalue weighted by molar-refractivity contribution is -0.178. The van der Waals surface area contributed by atoms with Crippen molar-refractivity contribution in [3.05, 3.63) is 0 Å². The molecule has 3 rings (SSSR count). The molecule has 1 heterocycles. The number of hydrogen-bond donors (Lipinski definition) is 1. The number of hydrogen-bond acceptors (Lipinski definition) is 7. The van der Waals surface area contributed by atoms with Crippen molar-refractivity contribution in [3.8, 4) is 0 Å². The lowest BCUT2D eigenvalue weighted by Gasteiger charge is -2.30. The summed E-state index contributed by atoms with van der Waals surface area (Å²) in [4.78, 5) is 35.0. The Morgan fingerprint density at radius 3 is 2.48 bits per heavy atom. The van der Waals surface area contributed by atoms with E-state index in [0.717, 1.165) is 0 Å². The zero-order valence-electron chi connectivity index (χ0n) is 11.6. The van der Waals surface area contributed by atoms with Gasteiger partial charge in [0.2, 0.25) is 0 Å². The summed E-state index contributed by atoms with van der Waals surface area (Å²) in [6, 6.07) is 0. The lowest BCUT2D eigenvalue weighted by Crippen LogP contribution is -2.47. The van der Waals surface area contributed by atoms with Gasteiger partial charge in [0.15, 0.2) is 0 Å². The van der Waals surface area contributed by atoms with E-state index < -0.39 is 63.2 Å². The van der Waals surface area contributed by atoms with Crippen molar-refractivity contribution in [2.45, 2.75) is 30.8 Å². The van der Waals surface area contributed by atoms with Crippen LogP contribution in [0.4, 0.5) is 8.78 Å². The van der Waals surface area contributed by atoms with Crippen LogP contribution in [0.2, 0.25) is 0 Å². The van der Waals surface area contributed by atoms with Gasteiger partial charge in [0.1, 0.15) is 18.0 Å². The zero-order valence-corrected chi connectivity index (χ0v) is 12.5. The second-order valence-corrected chi connectivity index (χ2v) is 7.45. The van der Waals surface area contributed by atoms with E-state index in [2.05, 4.69) is 4.74 Å². The SMILES string of the molecule is CC(=O)C1C2CC3C(OC(=O)C31)C2OC(=O)C(F)(F)S(=O)(=O)O. The van der Waals surface area contributed by atoms with Crippen molar-refractivity contribution in [1.29, 1.82) is 0 Å². The molecule has 1 saturated heterocycles. The van der Waals surface area contributed by atoms with Crippen molar-refractivity contribution >= 4 is 27.8 Å². The number of carbonyl (C=O) groups excluding carboxylic acids is 3. The van der Waals surface area contributed by atoms with Crippen molar-refractivity contribution in [3.63, 3.8) is 0 Å². The van der Waals surface area contributed by atoms with E-state index in [0.29, 0.717) is 0 Å². The van der Waals surface area contributed by atoms with Gasteiger partial charge in [-0.25, -0.2) is 4.79 Å². The van der Waals surface area contributed by atoms with E-state index in [1.54, 1.807) is 0 Å². The third-order valence-corrected chi connectivity index (χ3v) is 5.63. The first-order valence-electron chi connectivity index (χ1n) is 6.73. The van der Waals surface area contributed by atoms with Crippen LogP contribution in [0.15, 0.2) is 0 Å². The molecule has 3 fully saturated rings. The van der Waals surface area contributed by atoms with Crippen LogP contribution < -0.4 is 0 Å². The van der Waals surface area contributed by atoms with Crippen LogP contribution in [0.1, 0.15) is 13.3 Å². The summed E-state index contributed by atoms with van der Waals surface area (Å²) in [5.74, 6) is -6.09. The number of halogens is 2. The van der Waals surface area contributed by atoms with Gasteiger partial charge < -0.3 is 9.47 Å². The fourth-order valence-corrected chi connectivity index (χ4v) is 4.26. The normalized spacial score (nSPS) is 38.5. The number of carbonyl (C=O) groups is 3. The Morgan fingerprint density at radius 1 is 1.35 bits per heavy atom. The van der Waals surface area contributed by atoms with E-state index >= 15 is 0 Å². The first kappa shape index (κ1) is 16.2. The predicted molar refractivity (Wildman–Crippen MR) is 65.5 cm³/mol. The molecule has 1 aliphatic heterocycles. The number of ether oxygens (including phenoxy) is 2. The highest BCUT2D eigenvalue weighted by Gasteiger charge is 2.70. The fourth-order valence-electron chi connectivity index (χ4n) is 4.00. The first-order valence-corrected chi connectivity index (χ1v) is 8.17. The molecular formula is C12H12F2O8S. The number of esters is 2. The van der Waals surface area contributed by atoms with Crippen LogP contribution in [-0.4, -0.2) is 48.2 Å². The minimum atomic E-state index is -5.99. The largest absolute Gasteiger partial charge is 0.465 e. The monoisotopic (exact) mass is 354 g/mol. The smallest absolute Gasteiger partial charge is 0.458 e. The molecule has 2 saturated carbocycles. The van der Waals surface area contributed by atoms with Gasteiger partial charge in [0.05, 0.1) is 5.92 Å². The molecule has 8 nitrogen and oxygen atoms in total. The Kier molecular flexibility index (Phi) is 3.32. The fraction of sp³-hybridized carbons (Fsp3) is 0.750. The van der Waals surface area contributed by atoms with Crippen LogP contribution >= 0.6 is 0 Å². The van der Waals surface area contributed by atoms with E-state index in [1.165, 1.54) is 6.92 Å². The number of ketones is 1. The van der Waals surface area contributed by atoms with Gasteiger partial charge in [0.25, 0.3) is 0 Å². The quantitative estimate of drug-likeness (QED) is 0.542. The molecule has 23 heavy (non-hydrogen) atoms. The van der Waals surface area contributed by atoms with Gasteiger partial charge >= 0.3 is 27.3 Å². The summed E-state index contributed by atoms with van der Waals surface area (Å²) in [6.45, 7) is 1.23. The molecule has 0 radical (unpaired) electrons. The maximum Gasteiger partial charge on any atom is 0.465 e. The van der Waals surface area contributed by atoms with Crippen LogP contribution in [0.25, 0.3) is 0 Å². The average molecular weight is 354 g/mol. The number of rotatable bonds is 4. The van der Waals surface area contributed by atoms with Crippen LogP contribution in [0.5, 0.6) is 0 Å². The van der Waals surface area contributed by atoms with Gasteiger partial charge in [-0.05, 0) is 13.3 Å². The minimum Gasteiger partial charge on any atom is -0.458 e. The highest BCUT2D eigenvalue weighted by molar-refractivity contribution is 7.87. The Bertz CT molecular complexity index is 702. The summed E-state index contributed by atoms with van der Waals surface area (Å²) in [7, 11) is -5.99. The maximum absolute atomic E-state index is 13.3. The molecule has 6 atom stereocenters. The topological polar surface area (TPSA) is 124 Å². The molecule has 0 aromatic rings. The van der Waals surface area contributed by atoms with Crippen LogP contribution in [-0.2, 0) is 34.0 Å². The summed E-state index contributed by atoms with van der Waals surface area (Å²) in [5.41, 5.74) is 0. The average Bonchev–Trinajstić information content (AvgIpc) is 2.99. The van der Waals surface area contributed by atoms with E-state index in [4.69, 9.17) is 9.29 Å². The van der Waals surface area contributed by atoms with Crippen molar-refractivity contribution < 1.29 is 45.6 Å². The van der Waals surface area contributed by atoms with Gasteiger partial charge in [-0.2, -0.15) is 17.2 Å². The molecule has 0 amide bonds. The summed E-state index contributed by atoms with van der Waals surface area (Å²) < 4.78 is 65.7. The molecule has 3 aliphatic rings. The second-order valence-electron chi connectivity index (χ2n) is 5.99. The molecule has 2 aliphatic carbocycles. The highest BCUT2D eigenvalue weighted by atomic mass is 32.2. The Balaban J connectivity index is 1.87. The second kappa shape index (κ2) is 4.69. The third-order valence-electron chi connectivity index (χ3n) is 4.82. The van der Waals surface area contributed by atoms with E-state index in [-0.39, 0.29) is 12.2 Å². The Morgan fingerprint density at radius 2 is 1.96 bits per heavy atom. The van der Waals surface area contributed by atoms with Crippen LogP contribution in [0.3, 0.4) is 0 Å². The zero-order chi connectivity index (χ0) is 17.3. The minimum absolute atomic E-state index is 0.278. The molecule has 6 unspecified atom stereocenters. The summed E-state index contributed by atoms with van der Waals surface area (Å²) in [5, 5.41) is -5.14. The number of alkyl halides is 2. The molecule has 0 aromatic heterocycles. The van der Waals surface area contributed by atoms with Crippen molar-refractivity contribution in [2.75, 3.05) is 0 Å². The maximum atomic E-state index is 13.3. The predicted octanol–water partition coefficient (Wildman–Crippen LogP) is -0.225. The summed E-state index contributed by atoms with van der Waals surface area (Å²) in [6.07, 6.45) is -2.04. The van der Waals surface area contributed by atoms with Gasteiger partial charge in [-0.3, -0.25) is 14.1 Å². The molecule has 11 heteroatoms. The molecule has 128 valence electrons. The summed E-state index contributed by atoms with van der Waals surface area (Å²) >= 11 is 0. The molecule has 1 N–H and O–H groups in total. The van der Waals surface area contributed by atoms with Gasteiger partial charge in [0, 0.05) is 17.8 Å². The third kappa shape index (κ3) is 2.09. The number of Topliss-reactive ketones (excluding diaryl/α,β-unsaturated/α-hetero) is 1. The number of fused-ring (bicyclic) bond motifs is 1. The molecule has 0 aromatic carbocycles.